The van der Waals surface area contributed by atoms with Crippen molar-refractivity contribution in [3.8, 4) is 0 Å². The first-order valence-electron chi connectivity index (χ1n) is 9.54. The van der Waals surface area contributed by atoms with Crippen molar-refractivity contribution in [2.24, 2.45) is 34.4 Å². The SMILES string of the molecule is CCC(=N)N.CCCCC(=N)N.N=C(N)C(F)(F)F.N=C(N)Cc1ccccc1.N=C(N)N. The lowest BCUT2D eigenvalue weighted by Gasteiger charge is -1.98. The molecular formula is C19H38F3N11. The van der Waals surface area contributed by atoms with Crippen molar-refractivity contribution in [3.63, 3.8) is 0 Å². The second kappa shape index (κ2) is 22.8. The second-order valence-corrected chi connectivity index (χ2v) is 6.06. The second-order valence-electron chi connectivity index (χ2n) is 6.06. The molecule has 0 aromatic heterocycles. The summed E-state index contributed by atoms with van der Waals surface area (Å²) in [5.74, 6) is -1.31. The normalized spacial score (nSPS) is 8.88. The van der Waals surface area contributed by atoms with Gasteiger partial charge in [-0.2, -0.15) is 13.2 Å². The molecule has 17 N–H and O–H groups in total. The molecule has 0 saturated heterocycles. The van der Waals surface area contributed by atoms with Gasteiger partial charge in [0.2, 0.25) is 0 Å². The molecule has 0 unspecified atom stereocenters. The van der Waals surface area contributed by atoms with Gasteiger partial charge >= 0.3 is 6.18 Å². The number of guanidine groups is 1. The highest BCUT2D eigenvalue weighted by Gasteiger charge is 2.31. The van der Waals surface area contributed by atoms with Gasteiger partial charge in [-0.1, -0.05) is 50.6 Å². The topological polar surface area (TPSA) is 275 Å². The molecule has 11 nitrogen and oxygen atoms in total. The Hall–Kier alpha value is -3.84. The van der Waals surface area contributed by atoms with E-state index in [1.54, 1.807) is 0 Å². The number of rotatable bonds is 6. The zero-order valence-corrected chi connectivity index (χ0v) is 19.0. The van der Waals surface area contributed by atoms with Gasteiger partial charge in [-0.3, -0.25) is 27.0 Å². The summed E-state index contributed by atoms with van der Waals surface area (Å²) in [4.78, 5) is 0. The molecule has 1 aromatic rings. The van der Waals surface area contributed by atoms with Gasteiger partial charge in [-0.15, -0.1) is 0 Å². The monoisotopic (exact) mass is 477 g/mol. The molecule has 0 fully saturated rings. The van der Waals surface area contributed by atoms with Gasteiger partial charge in [0.15, 0.2) is 11.8 Å². The fraction of sp³-hybridized carbons (Fsp3) is 0.421. The van der Waals surface area contributed by atoms with Crippen molar-refractivity contribution in [2.75, 3.05) is 0 Å². The minimum atomic E-state index is -4.64. The van der Waals surface area contributed by atoms with Crippen molar-refractivity contribution in [1.82, 2.24) is 0 Å². The molecule has 1 rings (SSSR count). The van der Waals surface area contributed by atoms with Crippen LogP contribution < -0.4 is 34.4 Å². The predicted molar refractivity (Wildman–Crippen MR) is 130 cm³/mol. The Labute approximate surface area is 192 Å². The number of nitrogens with two attached hydrogens (primary N) is 6. The van der Waals surface area contributed by atoms with E-state index in [4.69, 9.17) is 44.2 Å². The number of benzene rings is 1. The van der Waals surface area contributed by atoms with Gasteiger partial charge in [0.25, 0.3) is 0 Å². The molecular weight excluding hydrogens is 439 g/mol. The van der Waals surface area contributed by atoms with Crippen molar-refractivity contribution < 1.29 is 13.2 Å². The maximum atomic E-state index is 10.8. The maximum absolute atomic E-state index is 10.8. The number of unbranched alkanes of at least 4 members (excludes halogenated alkanes) is 1. The van der Waals surface area contributed by atoms with E-state index in [1.165, 1.54) is 0 Å². The number of halogens is 3. The van der Waals surface area contributed by atoms with Gasteiger partial charge in [-0.05, 0) is 12.0 Å². The summed E-state index contributed by atoms with van der Waals surface area (Å²) in [6, 6.07) is 9.75. The van der Waals surface area contributed by atoms with Crippen LogP contribution >= 0.6 is 0 Å². The van der Waals surface area contributed by atoms with Crippen LogP contribution in [0, 0.1) is 27.0 Å². The largest absolute Gasteiger partial charge is 0.448 e. The summed E-state index contributed by atoms with van der Waals surface area (Å²) in [6.07, 6.45) is -0.480. The summed E-state index contributed by atoms with van der Waals surface area (Å²) < 4.78 is 32.5. The summed E-state index contributed by atoms with van der Waals surface area (Å²) in [7, 11) is 0. The standard InChI is InChI=1S/C8H10N2.C5H12N2.C3H8N2.C2H3F3N2.CH5N3/c9-8(10)6-7-4-2-1-3-5-7;1-2-3-4-5(6)7;1-2-3(4)5;3-2(4,5)1(6)7;2-1(3)4/h1-5H,6H2,(H3,9,10);2-4H2,1H3,(H3,6,7);2H2,1H3,(H3,4,5);(H3,6,7);(H5,2,3,4). The van der Waals surface area contributed by atoms with E-state index >= 15 is 0 Å². The van der Waals surface area contributed by atoms with Gasteiger partial charge < -0.3 is 34.4 Å². The van der Waals surface area contributed by atoms with E-state index in [9.17, 15) is 13.2 Å². The van der Waals surface area contributed by atoms with E-state index in [0.717, 1.165) is 24.8 Å². The Morgan fingerprint density at radius 3 is 1.30 bits per heavy atom. The maximum Gasteiger partial charge on any atom is 0.448 e. The first kappa shape index (κ1) is 36.5. The van der Waals surface area contributed by atoms with Crippen LogP contribution in [0.5, 0.6) is 0 Å². The number of alkyl halides is 3. The molecule has 0 atom stereocenters. The third-order valence-electron chi connectivity index (χ3n) is 2.72. The fourth-order valence-electron chi connectivity index (χ4n) is 1.18. The van der Waals surface area contributed by atoms with Crippen LogP contribution in [0.2, 0.25) is 0 Å². The van der Waals surface area contributed by atoms with Crippen molar-refractivity contribution >= 4 is 29.3 Å². The Balaban J connectivity index is -0.000000166. The number of hydrogen-bond acceptors (Lipinski definition) is 5. The van der Waals surface area contributed by atoms with E-state index in [1.807, 2.05) is 37.3 Å². The zero-order valence-electron chi connectivity index (χ0n) is 19.0. The van der Waals surface area contributed by atoms with Crippen LogP contribution in [-0.2, 0) is 6.42 Å². The summed E-state index contributed by atoms with van der Waals surface area (Å²) in [6.45, 7) is 3.94. The summed E-state index contributed by atoms with van der Waals surface area (Å²) >= 11 is 0. The lowest BCUT2D eigenvalue weighted by Crippen LogP contribution is -2.29. The first-order chi connectivity index (χ1) is 15.0. The average molecular weight is 478 g/mol. The molecule has 0 spiro atoms. The van der Waals surface area contributed by atoms with E-state index in [-0.39, 0.29) is 17.6 Å². The van der Waals surface area contributed by atoms with Crippen LogP contribution in [0.25, 0.3) is 0 Å². The van der Waals surface area contributed by atoms with Crippen molar-refractivity contribution in [1.29, 1.82) is 27.0 Å². The highest BCUT2D eigenvalue weighted by atomic mass is 19.4. The van der Waals surface area contributed by atoms with E-state index in [0.29, 0.717) is 18.7 Å². The molecule has 0 aliphatic carbocycles. The molecule has 0 saturated carbocycles. The van der Waals surface area contributed by atoms with Crippen molar-refractivity contribution in [2.45, 2.75) is 52.1 Å². The zero-order chi connectivity index (χ0) is 27.0. The van der Waals surface area contributed by atoms with Gasteiger partial charge in [0.05, 0.1) is 17.5 Å². The first-order valence-corrected chi connectivity index (χ1v) is 9.54. The molecule has 14 heteroatoms. The Morgan fingerprint density at radius 2 is 1.12 bits per heavy atom. The lowest BCUT2D eigenvalue weighted by atomic mass is 10.1. The lowest BCUT2D eigenvalue weighted by molar-refractivity contribution is -0.0606. The van der Waals surface area contributed by atoms with E-state index < -0.39 is 12.0 Å². The molecule has 0 amide bonds. The molecule has 0 aliphatic heterocycles. The van der Waals surface area contributed by atoms with Gasteiger partial charge in [-0.25, -0.2) is 0 Å². The average Bonchev–Trinajstić information content (AvgIpc) is 2.67. The quantitative estimate of drug-likeness (QED) is 0.215. The minimum Gasteiger partial charge on any atom is -0.388 e. The molecule has 190 valence electrons. The van der Waals surface area contributed by atoms with Crippen LogP contribution in [0.15, 0.2) is 30.3 Å². The molecule has 0 heterocycles. The summed E-state index contributed by atoms with van der Waals surface area (Å²) in [5.41, 5.74) is 29.2. The highest BCUT2D eigenvalue weighted by molar-refractivity contribution is 5.82. The molecule has 0 bridgehead atoms. The Kier molecular flexibility index (Phi) is 25.3. The van der Waals surface area contributed by atoms with Crippen LogP contribution in [0.1, 0.15) is 45.1 Å². The van der Waals surface area contributed by atoms with Crippen LogP contribution in [-0.4, -0.2) is 35.5 Å². The molecule has 0 aliphatic rings. The molecule has 33 heavy (non-hydrogen) atoms. The Morgan fingerprint density at radius 1 is 0.758 bits per heavy atom. The number of amidine groups is 4. The summed E-state index contributed by atoms with van der Waals surface area (Å²) in [5, 5.41) is 32.2. The molecule has 1 aromatic carbocycles. The van der Waals surface area contributed by atoms with Crippen molar-refractivity contribution in [3.05, 3.63) is 35.9 Å². The highest BCUT2D eigenvalue weighted by Crippen LogP contribution is 2.12. The smallest absolute Gasteiger partial charge is 0.388 e. The fourth-order valence-corrected chi connectivity index (χ4v) is 1.18. The van der Waals surface area contributed by atoms with Gasteiger partial charge in [0.1, 0.15) is 0 Å². The van der Waals surface area contributed by atoms with Gasteiger partial charge in [0, 0.05) is 19.3 Å². The number of hydrogen-bond donors (Lipinski definition) is 11. The Bertz CT molecular complexity index is 686. The third-order valence-corrected chi connectivity index (χ3v) is 2.72. The van der Waals surface area contributed by atoms with Crippen LogP contribution in [0.4, 0.5) is 13.2 Å². The minimum absolute atomic E-state index is 0.214. The van der Waals surface area contributed by atoms with Crippen LogP contribution in [0.3, 0.4) is 0 Å². The number of nitrogens with one attached hydrogen (secondary N) is 5. The molecule has 0 radical (unpaired) electrons. The predicted octanol–water partition coefficient (Wildman–Crippen LogP) is 1.93. The van der Waals surface area contributed by atoms with E-state index in [2.05, 4.69) is 24.1 Å². The third kappa shape index (κ3) is 47.4.